The minimum absolute atomic E-state index is 0.165. The zero-order chi connectivity index (χ0) is 14.4. The molecule has 104 valence electrons. The summed E-state index contributed by atoms with van der Waals surface area (Å²) in [5.41, 5.74) is 2.83. The molecule has 0 unspecified atom stereocenters. The Morgan fingerprint density at radius 1 is 1.25 bits per heavy atom. The van der Waals surface area contributed by atoms with Crippen LogP contribution in [0.2, 0.25) is 0 Å². The highest BCUT2D eigenvalue weighted by Gasteiger charge is 2.12. The monoisotopic (exact) mass is 270 g/mol. The van der Waals surface area contributed by atoms with Crippen molar-refractivity contribution in [1.82, 2.24) is 9.97 Å². The van der Waals surface area contributed by atoms with E-state index in [1.807, 2.05) is 13.0 Å². The van der Waals surface area contributed by atoms with Crippen molar-refractivity contribution in [1.29, 1.82) is 0 Å². The van der Waals surface area contributed by atoms with E-state index in [0.29, 0.717) is 5.56 Å². The van der Waals surface area contributed by atoms with E-state index < -0.39 is 0 Å². The van der Waals surface area contributed by atoms with E-state index in [0.717, 1.165) is 30.0 Å². The topological polar surface area (TPSA) is 66.9 Å². The van der Waals surface area contributed by atoms with Crippen LogP contribution in [0.25, 0.3) is 0 Å². The summed E-state index contributed by atoms with van der Waals surface area (Å²) in [6.07, 6.45) is 5.96. The van der Waals surface area contributed by atoms with Crippen molar-refractivity contribution >= 4 is 17.3 Å². The highest BCUT2D eigenvalue weighted by Crippen LogP contribution is 2.17. The molecular formula is C15H18N4O. The van der Waals surface area contributed by atoms with Crippen LogP contribution in [-0.4, -0.2) is 22.4 Å². The number of amides is 1. The van der Waals surface area contributed by atoms with Gasteiger partial charge in [-0.25, -0.2) is 0 Å². The fourth-order valence-corrected chi connectivity index (χ4v) is 1.80. The third kappa shape index (κ3) is 3.32. The van der Waals surface area contributed by atoms with Crippen LogP contribution in [0.5, 0.6) is 0 Å². The van der Waals surface area contributed by atoms with Gasteiger partial charge < -0.3 is 10.6 Å². The SMILES string of the molecule is CCCNc1cnccc1C(=O)Nc1cccnc1C. The van der Waals surface area contributed by atoms with Gasteiger partial charge in [0.1, 0.15) is 0 Å². The summed E-state index contributed by atoms with van der Waals surface area (Å²) in [5.74, 6) is -0.165. The number of hydrogen-bond donors (Lipinski definition) is 2. The predicted molar refractivity (Wildman–Crippen MR) is 79.9 cm³/mol. The minimum Gasteiger partial charge on any atom is -0.383 e. The van der Waals surface area contributed by atoms with Crippen LogP contribution >= 0.6 is 0 Å². The van der Waals surface area contributed by atoms with Gasteiger partial charge in [-0.1, -0.05) is 6.92 Å². The van der Waals surface area contributed by atoms with Crippen molar-refractivity contribution in [2.75, 3.05) is 17.2 Å². The molecule has 20 heavy (non-hydrogen) atoms. The van der Waals surface area contributed by atoms with Crippen molar-refractivity contribution < 1.29 is 4.79 Å². The number of rotatable bonds is 5. The standard InChI is InChI=1S/C15H18N4O/c1-3-7-18-14-10-16-9-6-12(14)15(20)19-13-5-4-8-17-11(13)2/h4-6,8-10,18H,3,7H2,1-2H3,(H,19,20). The van der Waals surface area contributed by atoms with E-state index in [2.05, 4.69) is 27.5 Å². The summed E-state index contributed by atoms with van der Waals surface area (Å²) >= 11 is 0. The number of carbonyl (C=O) groups excluding carboxylic acids is 1. The molecule has 0 saturated heterocycles. The van der Waals surface area contributed by atoms with Crippen LogP contribution in [0.3, 0.4) is 0 Å². The zero-order valence-corrected chi connectivity index (χ0v) is 11.7. The quantitative estimate of drug-likeness (QED) is 0.876. The maximum absolute atomic E-state index is 12.3. The Bertz CT molecular complexity index is 598. The Balaban J connectivity index is 2.19. The first-order valence-corrected chi connectivity index (χ1v) is 6.63. The number of hydrogen-bond acceptors (Lipinski definition) is 4. The molecule has 2 aromatic heterocycles. The molecule has 0 saturated carbocycles. The fourth-order valence-electron chi connectivity index (χ4n) is 1.80. The van der Waals surface area contributed by atoms with Crippen molar-refractivity contribution in [2.45, 2.75) is 20.3 Å². The molecule has 2 heterocycles. The van der Waals surface area contributed by atoms with Crippen LogP contribution in [0, 0.1) is 6.92 Å². The molecule has 0 aromatic carbocycles. The molecule has 0 fully saturated rings. The molecule has 0 bridgehead atoms. The Morgan fingerprint density at radius 2 is 2.10 bits per heavy atom. The second kappa shape index (κ2) is 6.65. The van der Waals surface area contributed by atoms with Gasteiger partial charge in [0, 0.05) is 18.9 Å². The molecule has 5 nitrogen and oxygen atoms in total. The van der Waals surface area contributed by atoms with Crippen LogP contribution in [0.15, 0.2) is 36.8 Å². The van der Waals surface area contributed by atoms with E-state index in [9.17, 15) is 4.79 Å². The Kier molecular flexibility index (Phi) is 4.65. The Morgan fingerprint density at radius 3 is 2.85 bits per heavy atom. The van der Waals surface area contributed by atoms with Gasteiger partial charge in [-0.15, -0.1) is 0 Å². The first-order valence-electron chi connectivity index (χ1n) is 6.63. The van der Waals surface area contributed by atoms with Crippen LogP contribution in [0.4, 0.5) is 11.4 Å². The van der Waals surface area contributed by atoms with E-state index in [1.165, 1.54) is 0 Å². The first-order chi connectivity index (χ1) is 9.72. The Hall–Kier alpha value is -2.43. The highest BCUT2D eigenvalue weighted by molar-refractivity contribution is 6.08. The van der Waals surface area contributed by atoms with Crippen LogP contribution < -0.4 is 10.6 Å². The van der Waals surface area contributed by atoms with Crippen molar-refractivity contribution in [3.63, 3.8) is 0 Å². The third-order valence-corrected chi connectivity index (χ3v) is 2.89. The number of pyridine rings is 2. The van der Waals surface area contributed by atoms with Gasteiger partial charge in [0.05, 0.1) is 28.8 Å². The zero-order valence-electron chi connectivity index (χ0n) is 11.7. The van der Waals surface area contributed by atoms with Gasteiger partial charge in [0.25, 0.3) is 5.91 Å². The summed E-state index contributed by atoms with van der Waals surface area (Å²) in [5, 5.41) is 6.08. The van der Waals surface area contributed by atoms with Crippen molar-refractivity contribution in [2.24, 2.45) is 0 Å². The van der Waals surface area contributed by atoms with Crippen molar-refractivity contribution in [3.8, 4) is 0 Å². The molecule has 2 aromatic rings. The molecule has 0 radical (unpaired) electrons. The predicted octanol–water partition coefficient (Wildman–Crippen LogP) is 2.86. The van der Waals surface area contributed by atoms with E-state index >= 15 is 0 Å². The van der Waals surface area contributed by atoms with Crippen molar-refractivity contribution in [3.05, 3.63) is 48.0 Å². The molecule has 0 spiro atoms. The molecule has 2 N–H and O–H groups in total. The molecular weight excluding hydrogens is 252 g/mol. The minimum atomic E-state index is -0.165. The lowest BCUT2D eigenvalue weighted by molar-refractivity contribution is 0.102. The fraction of sp³-hybridized carbons (Fsp3) is 0.267. The van der Waals surface area contributed by atoms with Gasteiger partial charge in [0.15, 0.2) is 0 Å². The number of aryl methyl sites for hydroxylation is 1. The smallest absolute Gasteiger partial charge is 0.257 e. The number of carbonyl (C=O) groups is 1. The second-order valence-corrected chi connectivity index (χ2v) is 4.44. The van der Waals surface area contributed by atoms with Gasteiger partial charge in [-0.2, -0.15) is 0 Å². The summed E-state index contributed by atoms with van der Waals surface area (Å²) in [7, 11) is 0. The molecule has 0 aliphatic heterocycles. The number of aromatic nitrogens is 2. The van der Waals surface area contributed by atoms with Gasteiger partial charge >= 0.3 is 0 Å². The molecule has 5 heteroatoms. The average Bonchev–Trinajstić information content (AvgIpc) is 2.47. The summed E-state index contributed by atoms with van der Waals surface area (Å²) in [6.45, 7) is 4.73. The summed E-state index contributed by atoms with van der Waals surface area (Å²) in [6, 6.07) is 5.34. The number of anilines is 2. The normalized spacial score (nSPS) is 10.1. The summed E-state index contributed by atoms with van der Waals surface area (Å²) < 4.78 is 0. The number of nitrogens with one attached hydrogen (secondary N) is 2. The molecule has 0 aliphatic rings. The maximum Gasteiger partial charge on any atom is 0.257 e. The highest BCUT2D eigenvalue weighted by atomic mass is 16.1. The van der Waals surface area contributed by atoms with Crippen LogP contribution in [0.1, 0.15) is 29.4 Å². The van der Waals surface area contributed by atoms with Crippen LogP contribution in [-0.2, 0) is 0 Å². The lowest BCUT2D eigenvalue weighted by Gasteiger charge is -2.12. The van der Waals surface area contributed by atoms with E-state index in [4.69, 9.17) is 0 Å². The molecule has 1 amide bonds. The number of nitrogens with zero attached hydrogens (tertiary/aromatic N) is 2. The van der Waals surface area contributed by atoms with Gasteiger partial charge in [-0.3, -0.25) is 14.8 Å². The lowest BCUT2D eigenvalue weighted by Crippen LogP contribution is -2.16. The summed E-state index contributed by atoms with van der Waals surface area (Å²) in [4.78, 5) is 20.5. The third-order valence-electron chi connectivity index (χ3n) is 2.89. The first kappa shape index (κ1) is 14.0. The molecule has 2 rings (SSSR count). The van der Waals surface area contributed by atoms with Gasteiger partial charge in [-0.05, 0) is 31.5 Å². The maximum atomic E-state index is 12.3. The lowest BCUT2D eigenvalue weighted by atomic mass is 10.2. The van der Waals surface area contributed by atoms with E-state index in [-0.39, 0.29) is 5.91 Å². The molecule has 0 atom stereocenters. The Labute approximate surface area is 118 Å². The van der Waals surface area contributed by atoms with Gasteiger partial charge in [0.2, 0.25) is 0 Å². The second-order valence-electron chi connectivity index (χ2n) is 4.44. The molecule has 0 aliphatic carbocycles. The largest absolute Gasteiger partial charge is 0.383 e. The van der Waals surface area contributed by atoms with E-state index in [1.54, 1.807) is 30.7 Å². The average molecular weight is 270 g/mol.